The Kier molecular flexibility index (Phi) is 4.96. The lowest BCUT2D eigenvalue weighted by Crippen LogP contribution is -2.42. The first kappa shape index (κ1) is 17.8. The molecule has 0 amide bonds. The highest BCUT2D eigenvalue weighted by Crippen LogP contribution is 2.30. The zero-order valence-electron chi connectivity index (χ0n) is 16.0. The van der Waals surface area contributed by atoms with Gasteiger partial charge in [-0.3, -0.25) is 4.79 Å². The highest BCUT2D eigenvalue weighted by molar-refractivity contribution is 5.48. The van der Waals surface area contributed by atoms with Gasteiger partial charge in [0, 0.05) is 58.2 Å². The molecule has 1 saturated carbocycles. The van der Waals surface area contributed by atoms with E-state index in [1.54, 1.807) is 12.5 Å². The van der Waals surface area contributed by atoms with Crippen LogP contribution in [0.1, 0.15) is 25.7 Å². The summed E-state index contributed by atoms with van der Waals surface area (Å²) in [7, 11) is 3.93. The third kappa shape index (κ3) is 4.20. The summed E-state index contributed by atoms with van der Waals surface area (Å²) in [5, 5.41) is 3.50. The van der Waals surface area contributed by atoms with E-state index in [2.05, 4.69) is 25.2 Å². The van der Waals surface area contributed by atoms with Crippen LogP contribution >= 0.6 is 0 Å². The number of hydrogen-bond acceptors (Lipinski definition) is 7. The van der Waals surface area contributed by atoms with E-state index in [9.17, 15) is 4.79 Å². The molecule has 1 aliphatic carbocycles. The molecule has 0 spiro atoms. The molecule has 27 heavy (non-hydrogen) atoms. The molecule has 0 atom stereocenters. The van der Waals surface area contributed by atoms with Crippen LogP contribution in [0.15, 0.2) is 29.6 Å². The molecule has 8 heteroatoms. The van der Waals surface area contributed by atoms with E-state index in [1.807, 2.05) is 35.8 Å². The molecule has 0 bridgehead atoms. The summed E-state index contributed by atoms with van der Waals surface area (Å²) in [4.78, 5) is 29.8. The predicted molar refractivity (Wildman–Crippen MR) is 106 cm³/mol. The number of piperidine rings is 1. The first-order chi connectivity index (χ1) is 13.1. The Morgan fingerprint density at radius 1 is 1.15 bits per heavy atom. The van der Waals surface area contributed by atoms with E-state index in [-0.39, 0.29) is 5.56 Å². The normalized spacial score (nSPS) is 17.8. The van der Waals surface area contributed by atoms with Crippen molar-refractivity contribution in [2.24, 2.45) is 5.92 Å². The Morgan fingerprint density at radius 3 is 2.63 bits per heavy atom. The van der Waals surface area contributed by atoms with Crippen LogP contribution in [0, 0.1) is 5.92 Å². The molecule has 4 rings (SSSR count). The van der Waals surface area contributed by atoms with E-state index in [4.69, 9.17) is 0 Å². The maximum atomic E-state index is 12.7. The molecule has 1 N–H and O–H groups in total. The van der Waals surface area contributed by atoms with E-state index in [1.165, 1.54) is 12.8 Å². The number of anilines is 3. The summed E-state index contributed by atoms with van der Waals surface area (Å²) in [5.41, 5.74) is 0.0437. The van der Waals surface area contributed by atoms with Crippen molar-refractivity contribution in [3.05, 3.63) is 35.1 Å². The van der Waals surface area contributed by atoms with Crippen LogP contribution in [0.25, 0.3) is 0 Å². The molecule has 2 aliphatic rings. The van der Waals surface area contributed by atoms with E-state index in [0.29, 0.717) is 17.8 Å². The smallest absolute Gasteiger partial charge is 0.293 e. The van der Waals surface area contributed by atoms with Crippen LogP contribution in [0.2, 0.25) is 0 Å². The van der Waals surface area contributed by atoms with Crippen LogP contribution in [0.3, 0.4) is 0 Å². The second-order valence-electron chi connectivity index (χ2n) is 7.71. The molecule has 3 heterocycles. The first-order valence-electron chi connectivity index (χ1n) is 9.66. The van der Waals surface area contributed by atoms with Gasteiger partial charge >= 0.3 is 0 Å². The molecular weight excluding hydrogens is 342 g/mol. The average molecular weight is 369 g/mol. The fourth-order valence-corrected chi connectivity index (χ4v) is 3.49. The van der Waals surface area contributed by atoms with Crippen LogP contribution in [0.5, 0.6) is 0 Å². The predicted octanol–water partition coefficient (Wildman–Crippen LogP) is 1.59. The molecule has 2 aromatic rings. The van der Waals surface area contributed by atoms with Gasteiger partial charge in [-0.2, -0.15) is 0 Å². The van der Waals surface area contributed by atoms with Crippen LogP contribution in [-0.2, 0) is 6.54 Å². The third-order valence-corrected chi connectivity index (χ3v) is 5.30. The van der Waals surface area contributed by atoms with Gasteiger partial charge in [0.25, 0.3) is 5.56 Å². The topological polar surface area (TPSA) is 79.2 Å². The largest absolute Gasteiger partial charge is 0.367 e. The van der Waals surface area contributed by atoms with Crippen LogP contribution in [0.4, 0.5) is 17.5 Å². The Bertz CT molecular complexity index is 838. The number of aromatic nitrogens is 4. The molecular formula is C19H27N7O. The minimum absolute atomic E-state index is 0.0437. The third-order valence-electron chi connectivity index (χ3n) is 5.30. The standard InChI is InChI=1S/C19H27N7O/c1-24(2)17-11-16(21-13-22-17)23-15-5-8-25(9-6-15)18-19(27)26(10-7-20-18)12-14-3-4-14/h7,10-11,13-15H,3-6,8-9,12H2,1-2H3,(H,21,22,23). The molecule has 2 fully saturated rings. The van der Waals surface area contributed by atoms with Crippen molar-refractivity contribution in [2.45, 2.75) is 38.3 Å². The van der Waals surface area contributed by atoms with E-state index < -0.39 is 0 Å². The van der Waals surface area contributed by atoms with E-state index in [0.717, 1.165) is 44.1 Å². The van der Waals surface area contributed by atoms with Gasteiger partial charge in [-0.25, -0.2) is 15.0 Å². The lowest BCUT2D eigenvalue weighted by molar-refractivity contribution is 0.516. The lowest BCUT2D eigenvalue weighted by Gasteiger charge is -2.33. The van der Waals surface area contributed by atoms with Gasteiger partial charge in [-0.15, -0.1) is 0 Å². The Balaban J connectivity index is 1.38. The van der Waals surface area contributed by atoms with Gasteiger partial charge in [0.05, 0.1) is 0 Å². The van der Waals surface area contributed by atoms with Crippen molar-refractivity contribution in [1.82, 2.24) is 19.5 Å². The van der Waals surface area contributed by atoms with Gasteiger partial charge < -0.3 is 19.7 Å². The lowest BCUT2D eigenvalue weighted by atomic mass is 10.1. The van der Waals surface area contributed by atoms with Crippen molar-refractivity contribution in [3.63, 3.8) is 0 Å². The van der Waals surface area contributed by atoms with Crippen molar-refractivity contribution in [3.8, 4) is 0 Å². The van der Waals surface area contributed by atoms with Crippen molar-refractivity contribution in [2.75, 3.05) is 42.3 Å². The minimum atomic E-state index is 0.0437. The van der Waals surface area contributed by atoms with Crippen LogP contribution in [-0.4, -0.2) is 52.7 Å². The summed E-state index contributed by atoms with van der Waals surface area (Å²) < 4.78 is 1.83. The van der Waals surface area contributed by atoms with Gasteiger partial charge in [0.2, 0.25) is 0 Å². The molecule has 1 aliphatic heterocycles. The Hall–Kier alpha value is -2.64. The molecule has 0 radical (unpaired) electrons. The highest BCUT2D eigenvalue weighted by atomic mass is 16.1. The Morgan fingerprint density at radius 2 is 1.93 bits per heavy atom. The summed E-state index contributed by atoms with van der Waals surface area (Å²) in [5.74, 6) is 2.99. The van der Waals surface area contributed by atoms with Gasteiger partial charge in [-0.1, -0.05) is 0 Å². The number of nitrogens with zero attached hydrogens (tertiary/aromatic N) is 6. The first-order valence-corrected chi connectivity index (χ1v) is 9.66. The molecule has 0 aromatic carbocycles. The SMILES string of the molecule is CN(C)c1cc(NC2CCN(c3nccn(CC4CC4)c3=O)CC2)ncn1. The zero-order chi connectivity index (χ0) is 18.8. The average Bonchev–Trinajstić information content (AvgIpc) is 3.49. The molecule has 144 valence electrons. The summed E-state index contributed by atoms with van der Waals surface area (Å²) in [6.45, 7) is 2.46. The van der Waals surface area contributed by atoms with Gasteiger partial charge in [-0.05, 0) is 31.6 Å². The van der Waals surface area contributed by atoms with Crippen molar-refractivity contribution in [1.29, 1.82) is 0 Å². The number of hydrogen-bond donors (Lipinski definition) is 1. The number of nitrogens with one attached hydrogen (secondary N) is 1. The molecule has 1 saturated heterocycles. The van der Waals surface area contributed by atoms with Crippen LogP contribution < -0.4 is 20.7 Å². The van der Waals surface area contributed by atoms with Gasteiger partial charge in [0.15, 0.2) is 5.82 Å². The van der Waals surface area contributed by atoms with Crippen molar-refractivity contribution < 1.29 is 0 Å². The summed E-state index contributed by atoms with van der Waals surface area (Å²) in [6.07, 6.45) is 9.52. The minimum Gasteiger partial charge on any atom is -0.367 e. The summed E-state index contributed by atoms with van der Waals surface area (Å²) >= 11 is 0. The van der Waals surface area contributed by atoms with Crippen molar-refractivity contribution >= 4 is 17.5 Å². The quantitative estimate of drug-likeness (QED) is 0.828. The Labute approximate surface area is 159 Å². The second-order valence-corrected chi connectivity index (χ2v) is 7.71. The number of rotatable bonds is 6. The maximum Gasteiger partial charge on any atom is 0.293 e. The molecule has 8 nitrogen and oxygen atoms in total. The monoisotopic (exact) mass is 369 g/mol. The van der Waals surface area contributed by atoms with E-state index >= 15 is 0 Å². The molecule has 0 unspecified atom stereocenters. The second kappa shape index (κ2) is 7.54. The van der Waals surface area contributed by atoms with Gasteiger partial charge in [0.1, 0.15) is 18.0 Å². The molecule has 2 aromatic heterocycles. The maximum absolute atomic E-state index is 12.7. The zero-order valence-corrected chi connectivity index (χ0v) is 16.0. The highest BCUT2D eigenvalue weighted by Gasteiger charge is 2.25. The summed E-state index contributed by atoms with van der Waals surface area (Å²) in [6, 6.07) is 2.30. The fraction of sp³-hybridized carbons (Fsp3) is 0.579. The fourth-order valence-electron chi connectivity index (χ4n) is 3.49.